The van der Waals surface area contributed by atoms with Gasteiger partial charge in [-0.15, -0.1) is 5.10 Å². The second-order valence-electron chi connectivity index (χ2n) is 3.46. The molecule has 0 aliphatic heterocycles. The number of hydrogen-bond acceptors (Lipinski definition) is 7. The normalized spacial score (nSPS) is 10.6. The summed E-state index contributed by atoms with van der Waals surface area (Å²) in [6.07, 6.45) is 0. The number of amides is 1. The van der Waals surface area contributed by atoms with Crippen LogP contribution in [0.4, 0.5) is 0 Å². The Labute approximate surface area is 105 Å². The van der Waals surface area contributed by atoms with Gasteiger partial charge in [-0.1, -0.05) is 0 Å². The van der Waals surface area contributed by atoms with Crippen molar-refractivity contribution in [2.45, 2.75) is 13.8 Å². The highest BCUT2D eigenvalue weighted by molar-refractivity contribution is 5.92. The third kappa shape index (κ3) is 2.17. The van der Waals surface area contributed by atoms with Gasteiger partial charge >= 0.3 is 23.2 Å². The Morgan fingerprint density at radius 1 is 1.47 bits per heavy atom. The van der Waals surface area contributed by atoms with Crippen LogP contribution in [-0.2, 0) is 0 Å². The Balaban J connectivity index is 2.49. The molecule has 0 unspecified atom stereocenters. The first-order valence-electron chi connectivity index (χ1n) is 5.46. The van der Waals surface area contributed by atoms with Crippen molar-refractivity contribution in [2.75, 3.05) is 13.1 Å². The summed E-state index contributed by atoms with van der Waals surface area (Å²) in [5.41, 5.74) is -0.391. The molecule has 0 aliphatic rings. The van der Waals surface area contributed by atoms with E-state index in [1.54, 1.807) is 13.8 Å². The van der Waals surface area contributed by atoms with Crippen LogP contribution in [0.1, 0.15) is 24.3 Å². The molecule has 1 amide bonds. The highest BCUT2D eigenvalue weighted by Gasteiger charge is 2.36. The van der Waals surface area contributed by atoms with Crippen molar-refractivity contribution >= 4 is 5.91 Å². The first kappa shape index (κ1) is 12.7. The molecule has 11 heteroatoms. The standard InChI is InChI=1S/C8H10N6O5/c1-3-12(4-2)7(15)5-6(10-19-14(5)17)13-9-8(16)18-11-13/h3-4H2,1-2H3/p+1. The second kappa shape index (κ2) is 4.88. The molecule has 0 aromatic carbocycles. The zero-order valence-electron chi connectivity index (χ0n) is 10.2. The van der Waals surface area contributed by atoms with Crippen molar-refractivity contribution < 1.29 is 23.6 Å². The molecule has 19 heavy (non-hydrogen) atoms. The van der Waals surface area contributed by atoms with E-state index in [-0.39, 0.29) is 10.7 Å². The average molecular weight is 271 g/mol. The van der Waals surface area contributed by atoms with Crippen molar-refractivity contribution in [3.63, 3.8) is 0 Å². The van der Waals surface area contributed by atoms with Gasteiger partial charge in [0.25, 0.3) is 0 Å². The molecule has 11 nitrogen and oxygen atoms in total. The third-order valence-corrected chi connectivity index (χ3v) is 2.45. The lowest BCUT2D eigenvalue weighted by Gasteiger charge is -2.15. The molecule has 2 aromatic rings. The topological polar surface area (TPSA) is 136 Å². The SMILES string of the molecule is CCN(CC)C(=O)c1c(-[n+]2noc(=O)[nH]2)no[n+]1[O-]. The zero-order valence-corrected chi connectivity index (χ0v) is 10.2. The van der Waals surface area contributed by atoms with E-state index >= 15 is 0 Å². The molecule has 0 atom stereocenters. The van der Waals surface area contributed by atoms with Crippen LogP contribution in [-0.4, -0.2) is 39.4 Å². The van der Waals surface area contributed by atoms with E-state index < -0.39 is 17.4 Å². The number of H-pyrrole nitrogens is 1. The zero-order chi connectivity index (χ0) is 14.0. The number of carbonyl (C=O) groups is 1. The minimum Gasteiger partial charge on any atom is -0.359 e. The molecule has 0 fully saturated rings. The fourth-order valence-electron chi connectivity index (χ4n) is 1.51. The van der Waals surface area contributed by atoms with Crippen LogP contribution in [0.25, 0.3) is 5.82 Å². The minimum atomic E-state index is -0.860. The first-order chi connectivity index (χ1) is 9.08. The van der Waals surface area contributed by atoms with Gasteiger partial charge in [-0.3, -0.25) is 13.9 Å². The molecular weight excluding hydrogens is 260 g/mol. The summed E-state index contributed by atoms with van der Waals surface area (Å²) in [5.74, 6) is -1.70. The smallest absolute Gasteiger partial charge is 0.359 e. The Morgan fingerprint density at radius 3 is 2.68 bits per heavy atom. The van der Waals surface area contributed by atoms with Crippen LogP contribution in [0.2, 0.25) is 0 Å². The van der Waals surface area contributed by atoms with Crippen LogP contribution in [0.5, 0.6) is 0 Å². The average Bonchev–Trinajstić information content (AvgIpc) is 2.96. The highest BCUT2D eigenvalue weighted by atomic mass is 16.8. The summed E-state index contributed by atoms with van der Waals surface area (Å²) in [6.45, 7) is 4.32. The number of nitrogens with one attached hydrogen (secondary N) is 1. The van der Waals surface area contributed by atoms with E-state index in [1.807, 2.05) is 0 Å². The van der Waals surface area contributed by atoms with Crippen molar-refractivity contribution in [3.05, 3.63) is 21.5 Å². The number of carbonyl (C=O) groups excluding carboxylic acids is 1. The van der Waals surface area contributed by atoms with Crippen LogP contribution in [0.3, 0.4) is 0 Å². The number of aromatic amines is 1. The number of nitrogens with zero attached hydrogens (tertiary/aromatic N) is 5. The third-order valence-electron chi connectivity index (χ3n) is 2.45. The predicted molar refractivity (Wildman–Crippen MR) is 54.9 cm³/mol. The maximum absolute atomic E-state index is 12.1. The maximum atomic E-state index is 12.1. The highest BCUT2D eigenvalue weighted by Crippen LogP contribution is 2.04. The number of hydrogen-bond donors (Lipinski definition) is 1. The molecule has 0 spiro atoms. The molecule has 1 N–H and O–H groups in total. The summed E-state index contributed by atoms with van der Waals surface area (Å²) >= 11 is 0. The van der Waals surface area contributed by atoms with Crippen molar-refractivity contribution in [3.8, 4) is 5.82 Å². The summed E-state index contributed by atoms with van der Waals surface area (Å²) < 4.78 is 8.62. The van der Waals surface area contributed by atoms with Crippen LogP contribution < -0.4 is 15.5 Å². The van der Waals surface area contributed by atoms with Crippen molar-refractivity contribution in [1.29, 1.82) is 0 Å². The Hall–Kier alpha value is -2.72. The largest absolute Gasteiger partial charge is 0.473 e. The van der Waals surface area contributed by atoms with Gasteiger partial charge in [0.05, 0.1) is 5.16 Å². The van der Waals surface area contributed by atoms with E-state index in [2.05, 4.69) is 24.7 Å². The van der Waals surface area contributed by atoms with Gasteiger partial charge in [0, 0.05) is 17.9 Å². The van der Waals surface area contributed by atoms with Crippen molar-refractivity contribution in [2.24, 2.45) is 0 Å². The van der Waals surface area contributed by atoms with Gasteiger partial charge < -0.3 is 10.1 Å². The van der Waals surface area contributed by atoms with E-state index in [0.717, 1.165) is 4.80 Å². The van der Waals surface area contributed by atoms with E-state index in [9.17, 15) is 14.8 Å². The first-order valence-corrected chi connectivity index (χ1v) is 5.46. The quantitative estimate of drug-likeness (QED) is 0.489. The fraction of sp³-hybridized carbons (Fsp3) is 0.500. The molecule has 0 saturated carbocycles. The molecule has 2 heterocycles. The fourth-order valence-corrected chi connectivity index (χ4v) is 1.51. The number of aromatic nitrogens is 5. The lowest BCUT2D eigenvalue weighted by atomic mass is 10.3. The molecular formula is C8H11N6O5+. The molecule has 0 aliphatic carbocycles. The predicted octanol–water partition coefficient (Wildman–Crippen LogP) is -2.26. The van der Waals surface area contributed by atoms with E-state index in [1.165, 1.54) is 4.90 Å². The molecule has 0 saturated heterocycles. The van der Waals surface area contributed by atoms with Gasteiger partial charge in [-0.2, -0.15) is 0 Å². The van der Waals surface area contributed by atoms with E-state index in [0.29, 0.717) is 13.1 Å². The lowest BCUT2D eigenvalue weighted by Crippen LogP contribution is -2.46. The Bertz CT molecular complexity index is 638. The molecule has 2 aromatic heterocycles. The Morgan fingerprint density at radius 2 is 2.16 bits per heavy atom. The van der Waals surface area contributed by atoms with Crippen LogP contribution in [0, 0.1) is 5.21 Å². The Kier molecular flexibility index (Phi) is 3.27. The maximum Gasteiger partial charge on any atom is 0.473 e. The summed E-state index contributed by atoms with van der Waals surface area (Å²) in [7, 11) is 0. The summed E-state index contributed by atoms with van der Waals surface area (Å²) in [4.78, 5) is 25.1. The van der Waals surface area contributed by atoms with Crippen LogP contribution in [0.15, 0.2) is 13.9 Å². The van der Waals surface area contributed by atoms with Gasteiger partial charge in [0.15, 0.2) is 0 Å². The molecule has 0 radical (unpaired) electrons. The minimum absolute atomic E-state index is 0.0457. The monoisotopic (exact) mass is 271 g/mol. The summed E-state index contributed by atoms with van der Waals surface area (Å²) in [6, 6.07) is 0. The number of rotatable bonds is 4. The van der Waals surface area contributed by atoms with Gasteiger partial charge in [0.2, 0.25) is 0 Å². The molecule has 0 bridgehead atoms. The van der Waals surface area contributed by atoms with Gasteiger partial charge in [0.1, 0.15) is 5.27 Å². The summed E-state index contributed by atoms with van der Waals surface area (Å²) in [5, 5.41) is 20.2. The van der Waals surface area contributed by atoms with Gasteiger partial charge in [-0.05, 0) is 18.8 Å². The lowest BCUT2D eigenvalue weighted by molar-refractivity contribution is -0.805. The molecule has 2 rings (SSSR count). The van der Waals surface area contributed by atoms with Crippen LogP contribution >= 0.6 is 0 Å². The molecule has 102 valence electrons. The van der Waals surface area contributed by atoms with Crippen molar-refractivity contribution in [1.82, 2.24) is 20.4 Å². The van der Waals surface area contributed by atoms with E-state index in [4.69, 9.17) is 0 Å². The van der Waals surface area contributed by atoms with Gasteiger partial charge in [-0.25, -0.2) is 4.79 Å². The second-order valence-corrected chi connectivity index (χ2v) is 3.46.